The van der Waals surface area contributed by atoms with Crippen molar-refractivity contribution in [3.05, 3.63) is 0 Å². The van der Waals surface area contributed by atoms with Crippen molar-refractivity contribution in [3.8, 4) is 0 Å². The van der Waals surface area contributed by atoms with Gasteiger partial charge in [0.15, 0.2) is 0 Å². The summed E-state index contributed by atoms with van der Waals surface area (Å²) in [4.78, 5) is 23.8. The normalized spacial score (nSPS) is 12.0. The number of nitrogens with zero attached hydrogens (tertiary/aromatic N) is 1. The van der Waals surface area contributed by atoms with E-state index in [1.807, 2.05) is 6.92 Å². The molecule has 0 heterocycles. The van der Waals surface area contributed by atoms with Crippen LogP contribution in [0.2, 0.25) is 0 Å². The first-order valence-electron chi connectivity index (χ1n) is 4.54. The van der Waals surface area contributed by atoms with Gasteiger partial charge in [0.2, 0.25) is 5.91 Å². The van der Waals surface area contributed by atoms with Crippen molar-refractivity contribution in [1.29, 1.82) is 0 Å². The number of rotatable bonds is 5. The molecular weight excluding hydrogens is 184 g/mol. The molecule has 0 saturated carbocycles. The fourth-order valence-corrected chi connectivity index (χ4v) is 0.905. The van der Waals surface area contributed by atoms with Gasteiger partial charge in [-0.25, -0.2) is 0 Å². The minimum atomic E-state index is -0.399. The number of ether oxygens (including phenoxy) is 1. The highest BCUT2D eigenvalue weighted by molar-refractivity contribution is 5.80. The zero-order chi connectivity index (χ0) is 11.1. The number of nitrogens with one attached hydrogen (secondary N) is 1. The van der Waals surface area contributed by atoms with Crippen LogP contribution in [0, 0.1) is 0 Å². The Balaban J connectivity index is 3.96. The van der Waals surface area contributed by atoms with Crippen LogP contribution in [-0.2, 0) is 14.3 Å². The van der Waals surface area contributed by atoms with Gasteiger partial charge in [-0.15, -0.1) is 0 Å². The Kier molecular flexibility index (Phi) is 5.87. The molecule has 0 rings (SSSR count). The molecule has 1 atom stereocenters. The van der Waals surface area contributed by atoms with Gasteiger partial charge < -0.3 is 9.64 Å². The second-order valence-corrected chi connectivity index (χ2v) is 3.15. The number of carbonyl (C=O) groups is 2. The second kappa shape index (κ2) is 6.37. The minimum Gasteiger partial charge on any atom is -0.468 e. The molecule has 0 aliphatic rings. The molecule has 0 spiro atoms. The highest BCUT2D eigenvalue weighted by Crippen LogP contribution is 1.93. The fourth-order valence-electron chi connectivity index (χ4n) is 0.905. The summed E-state index contributed by atoms with van der Waals surface area (Å²) in [6, 6.07) is -0.399. The third kappa shape index (κ3) is 4.23. The maximum atomic E-state index is 11.2. The van der Waals surface area contributed by atoms with E-state index < -0.39 is 6.04 Å². The van der Waals surface area contributed by atoms with E-state index in [-0.39, 0.29) is 18.4 Å². The highest BCUT2D eigenvalue weighted by Gasteiger charge is 2.17. The Morgan fingerprint density at radius 2 is 2.00 bits per heavy atom. The topological polar surface area (TPSA) is 58.6 Å². The smallest absolute Gasteiger partial charge is 0.322 e. The van der Waals surface area contributed by atoms with E-state index in [9.17, 15) is 9.59 Å². The molecule has 0 fully saturated rings. The third-order valence-corrected chi connectivity index (χ3v) is 1.89. The van der Waals surface area contributed by atoms with Crippen molar-refractivity contribution in [2.75, 3.05) is 27.7 Å². The van der Waals surface area contributed by atoms with Gasteiger partial charge in [-0.1, -0.05) is 6.92 Å². The maximum absolute atomic E-state index is 11.2. The van der Waals surface area contributed by atoms with Crippen LogP contribution in [0.25, 0.3) is 0 Å². The SMILES string of the molecule is CCC(NCC(=O)N(C)C)C(=O)OC. The standard InChI is InChI=1S/C9H18N2O3/c1-5-7(9(13)14-4)10-6-8(12)11(2)3/h7,10H,5-6H2,1-4H3. The van der Waals surface area contributed by atoms with E-state index >= 15 is 0 Å². The summed E-state index contributed by atoms with van der Waals surface area (Å²) in [6.07, 6.45) is 0.605. The lowest BCUT2D eigenvalue weighted by atomic mass is 10.2. The van der Waals surface area contributed by atoms with Crippen LogP contribution in [0.4, 0.5) is 0 Å². The number of hydrogen-bond donors (Lipinski definition) is 1. The molecule has 1 N–H and O–H groups in total. The summed E-state index contributed by atoms with van der Waals surface area (Å²) in [6.45, 7) is 2.01. The van der Waals surface area contributed by atoms with E-state index in [2.05, 4.69) is 10.1 Å². The van der Waals surface area contributed by atoms with Gasteiger partial charge in [-0.05, 0) is 6.42 Å². The van der Waals surface area contributed by atoms with Gasteiger partial charge in [0.1, 0.15) is 6.04 Å². The molecular formula is C9H18N2O3. The third-order valence-electron chi connectivity index (χ3n) is 1.89. The van der Waals surface area contributed by atoms with Gasteiger partial charge in [-0.2, -0.15) is 0 Å². The lowest BCUT2D eigenvalue weighted by molar-refractivity contribution is -0.143. The van der Waals surface area contributed by atoms with Crippen molar-refractivity contribution in [2.45, 2.75) is 19.4 Å². The van der Waals surface area contributed by atoms with Crippen LogP contribution in [0.1, 0.15) is 13.3 Å². The van der Waals surface area contributed by atoms with Crippen LogP contribution in [0.3, 0.4) is 0 Å². The Morgan fingerprint density at radius 3 is 2.36 bits per heavy atom. The van der Waals surface area contributed by atoms with Gasteiger partial charge >= 0.3 is 5.97 Å². The van der Waals surface area contributed by atoms with E-state index in [4.69, 9.17) is 0 Å². The molecule has 5 nitrogen and oxygen atoms in total. The monoisotopic (exact) mass is 202 g/mol. The zero-order valence-corrected chi connectivity index (χ0v) is 9.16. The number of hydrogen-bond acceptors (Lipinski definition) is 4. The van der Waals surface area contributed by atoms with Crippen LogP contribution >= 0.6 is 0 Å². The second-order valence-electron chi connectivity index (χ2n) is 3.15. The van der Waals surface area contributed by atoms with E-state index in [0.29, 0.717) is 6.42 Å². The first kappa shape index (κ1) is 12.9. The number of amides is 1. The maximum Gasteiger partial charge on any atom is 0.322 e. The fraction of sp³-hybridized carbons (Fsp3) is 0.778. The van der Waals surface area contributed by atoms with Gasteiger partial charge in [-0.3, -0.25) is 14.9 Å². The van der Waals surface area contributed by atoms with Crippen molar-refractivity contribution >= 4 is 11.9 Å². The molecule has 0 aliphatic carbocycles. The average molecular weight is 202 g/mol. The molecule has 5 heteroatoms. The number of likely N-dealkylation sites (N-methyl/N-ethyl adjacent to an activating group) is 1. The molecule has 0 bridgehead atoms. The van der Waals surface area contributed by atoms with Crippen molar-refractivity contribution in [1.82, 2.24) is 10.2 Å². The summed E-state index contributed by atoms with van der Waals surface area (Å²) in [7, 11) is 4.67. The molecule has 14 heavy (non-hydrogen) atoms. The molecule has 0 aromatic carbocycles. The van der Waals surface area contributed by atoms with Gasteiger partial charge in [0, 0.05) is 14.1 Å². The molecule has 0 aromatic heterocycles. The van der Waals surface area contributed by atoms with Crippen LogP contribution in [0.5, 0.6) is 0 Å². The number of esters is 1. The largest absolute Gasteiger partial charge is 0.468 e. The van der Waals surface area contributed by atoms with Crippen LogP contribution < -0.4 is 5.32 Å². The molecule has 0 saturated heterocycles. The van der Waals surface area contributed by atoms with Crippen LogP contribution in [0.15, 0.2) is 0 Å². The Labute approximate surface area is 84.4 Å². The average Bonchev–Trinajstić information content (AvgIpc) is 2.17. The summed E-state index contributed by atoms with van der Waals surface area (Å²) >= 11 is 0. The lowest BCUT2D eigenvalue weighted by Gasteiger charge is -2.16. The molecule has 1 amide bonds. The predicted octanol–water partition coefficient (Wildman–Crippen LogP) is -0.384. The van der Waals surface area contributed by atoms with E-state index in [1.54, 1.807) is 14.1 Å². The molecule has 0 aromatic rings. The first-order valence-corrected chi connectivity index (χ1v) is 4.54. The van der Waals surface area contributed by atoms with E-state index in [1.165, 1.54) is 12.0 Å². The number of methoxy groups -OCH3 is 1. The summed E-state index contributed by atoms with van der Waals surface area (Å²) in [5.74, 6) is -0.397. The minimum absolute atomic E-state index is 0.0626. The Morgan fingerprint density at radius 1 is 1.43 bits per heavy atom. The lowest BCUT2D eigenvalue weighted by Crippen LogP contribution is -2.42. The van der Waals surface area contributed by atoms with Crippen molar-refractivity contribution in [2.24, 2.45) is 0 Å². The van der Waals surface area contributed by atoms with E-state index in [0.717, 1.165) is 0 Å². The number of carbonyl (C=O) groups excluding carboxylic acids is 2. The first-order chi connectivity index (χ1) is 6.52. The predicted molar refractivity (Wildman–Crippen MR) is 52.8 cm³/mol. The summed E-state index contributed by atoms with van der Waals surface area (Å²) in [5, 5.41) is 2.84. The highest BCUT2D eigenvalue weighted by atomic mass is 16.5. The molecule has 0 radical (unpaired) electrons. The van der Waals surface area contributed by atoms with Gasteiger partial charge in [0.25, 0.3) is 0 Å². The quantitative estimate of drug-likeness (QED) is 0.617. The van der Waals surface area contributed by atoms with Gasteiger partial charge in [0.05, 0.1) is 13.7 Å². The molecule has 82 valence electrons. The Hall–Kier alpha value is -1.10. The van der Waals surface area contributed by atoms with Crippen molar-refractivity contribution < 1.29 is 14.3 Å². The molecule has 0 aliphatic heterocycles. The summed E-state index contributed by atoms with van der Waals surface area (Å²) < 4.78 is 4.57. The zero-order valence-electron chi connectivity index (χ0n) is 9.16. The summed E-state index contributed by atoms with van der Waals surface area (Å²) in [5.41, 5.74) is 0. The Bertz CT molecular complexity index is 204. The van der Waals surface area contributed by atoms with Crippen LogP contribution in [-0.4, -0.2) is 50.6 Å². The molecule has 1 unspecified atom stereocenters. The van der Waals surface area contributed by atoms with Crippen molar-refractivity contribution in [3.63, 3.8) is 0 Å².